The smallest absolute Gasteiger partial charge is 0.271 e. The summed E-state index contributed by atoms with van der Waals surface area (Å²) in [6.07, 6.45) is 1.66. The maximum absolute atomic E-state index is 11.5. The molecule has 1 heterocycles. The summed E-state index contributed by atoms with van der Waals surface area (Å²) in [6.45, 7) is 0. The number of phenols is 1. The first-order chi connectivity index (χ1) is 7.09. The van der Waals surface area contributed by atoms with Crippen LogP contribution >= 0.6 is 0 Å². The molecule has 0 bridgehead atoms. The fourth-order valence-electron chi connectivity index (χ4n) is 1.45. The number of anilines is 1. The SMILES string of the molecule is Cn1ccc(=O)n1-c1ccc(O)c(N)c1. The molecule has 0 unspecified atom stereocenters. The normalized spacial score (nSPS) is 10.5. The maximum Gasteiger partial charge on any atom is 0.271 e. The van der Waals surface area contributed by atoms with Crippen LogP contribution in [0.25, 0.3) is 5.69 Å². The predicted octanol–water partition coefficient (Wildman–Crippen LogP) is 0.464. The monoisotopic (exact) mass is 205 g/mol. The molecule has 5 nitrogen and oxygen atoms in total. The molecule has 0 amide bonds. The number of phenolic OH excluding ortho intramolecular Hbond substituents is 1. The van der Waals surface area contributed by atoms with Crippen LogP contribution in [0, 0.1) is 0 Å². The van der Waals surface area contributed by atoms with Crippen molar-refractivity contribution in [3.05, 3.63) is 40.8 Å². The average Bonchev–Trinajstić information content (AvgIpc) is 2.52. The molecule has 0 saturated carbocycles. The molecule has 0 spiro atoms. The van der Waals surface area contributed by atoms with Gasteiger partial charge in [0.15, 0.2) is 0 Å². The number of nitrogens with two attached hydrogens (primary N) is 1. The Morgan fingerprint density at radius 1 is 1.33 bits per heavy atom. The van der Waals surface area contributed by atoms with Gasteiger partial charge in [-0.2, -0.15) is 0 Å². The number of hydrogen-bond donors (Lipinski definition) is 2. The second kappa shape index (κ2) is 3.20. The van der Waals surface area contributed by atoms with E-state index < -0.39 is 0 Å². The Morgan fingerprint density at radius 3 is 2.60 bits per heavy atom. The summed E-state index contributed by atoms with van der Waals surface area (Å²) in [6, 6.07) is 6.11. The Kier molecular flexibility index (Phi) is 2.00. The highest BCUT2D eigenvalue weighted by Crippen LogP contribution is 2.21. The molecule has 1 aromatic carbocycles. The lowest BCUT2D eigenvalue weighted by Gasteiger charge is -2.08. The van der Waals surface area contributed by atoms with Gasteiger partial charge in [-0.3, -0.25) is 9.48 Å². The number of nitrogen functional groups attached to an aromatic ring is 1. The van der Waals surface area contributed by atoms with Gasteiger partial charge in [0.1, 0.15) is 5.75 Å². The molecule has 1 aromatic heterocycles. The Balaban J connectivity index is 2.65. The quantitative estimate of drug-likeness (QED) is 0.525. The minimum absolute atomic E-state index is 0.0148. The van der Waals surface area contributed by atoms with Crippen molar-refractivity contribution in [3.63, 3.8) is 0 Å². The predicted molar refractivity (Wildman–Crippen MR) is 57.1 cm³/mol. The molecule has 3 N–H and O–H groups in total. The largest absolute Gasteiger partial charge is 0.506 e. The summed E-state index contributed by atoms with van der Waals surface area (Å²) in [5.41, 5.74) is 6.29. The second-order valence-electron chi connectivity index (χ2n) is 3.28. The molecule has 15 heavy (non-hydrogen) atoms. The van der Waals surface area contributed by atoms with Crippen molar-refractivity contribution in [3.8, 4) is 11.4 Å². The highest BCUT2D eigenvalue weighted by molar-refractivity contribution is 5.57. The molecule has 0 aliphatic rings. The lowest BCUT2D eigenvalue weighted by molar-refractivity contribution is 0.477. The zero-order chi connectivity index (χ0) is 11.0. The topological polar surface area (TPSA) is 73.2 Å². The second-order valence-corrected chi connectivity index (χ2v) is 3.28. The number of rotatable bonds is 1. The van der Waals surface area contributed by atoms with Crippen molar-refractivity contribution in [2.24, 2.45) is 7.05 Å². The third kappa shape index (κ3) is 1.48. The van der Waals surface area contributed by atoms with Crippen molar-refractivity contribution < 1.29 is 5.11 Å². The van der Waals surface area contributed by atoms with Crippen LogP contribution in [-0.4, -0.2) is 14.5 Å². The molecule has 0 saturated heterocycles. The number of aromatic nitrogens is 2. The van der Waals surface area contributed by atoms with E-state index in [0.717, 1.165) is 0 Å². The number of nitrogens with zero attached hydrogens (tertiary/aromatic N) is 2. The first-order valence-corrected chi connectivity index (χ1v) is 4.43. The van der Waals surface area contributed by atoms with Gasteiger partial charge in [0.25, 0.3) is 5.56 Å². The van der Waals surface area contributed by atoms with Crippen molar-refractivity contribution in [1.29, 1.82) is 0 Å². The van der Waals surface area contributed by atoms with Crippen LogP contribution in [-0.2, 0) is 7.05 Å². The van der Waals surface area contributed by atoms with Crippen LogP contribution in [0.1, 0.15) is 0 Å². The van der Waals surface area contributed by atoms with Crippen molar-refractivity contribution >= 4 is 5.69 Å². The van der Waals surface area contributed by atoms with Gasteiger partial charge in [0.2, 0.25) is 0 Å². The van der Waals surface area contributed by atoms with Gasteiger partial charge >= 0.3 is 0 Å². The summed E-state index contributed by atoms with van der Waals surface area (Å²) in [5.74, 6) is 0.0148. The summed E-state index contributed by atoms with van der Waals surface area (Å²) in [7, 11) is 1.75. The van der Waals surface area contributed by atoms with E-state index in [0.29, 0.717) is 5.69 Å². The molecule has 0 radical (unpaired) electrons. The van der Waals surface area contributed by atoms with Gasteiger partial charge in [-0.05, 0) is 18.2 Å². The highest BCUT2D eigenvalue weighted by Gasteiger charge is 2.05. The van der Waals surface area contributed by atoms with E-state index in [2.05, 4.69) is 0 Å². The van der Waals surface area contributed by atoms with E-state index in [-0.39, 0.29) is 17.0 Å². The van der Waals surface area contributed by atoms with Crippen molar-refractivity contribution in [2.75, 3.05) is 5.73 Å². The zero-order valence-electron chi connectivity index (χ0n) is 8.21. The lowest BCUT2D eigenvalue weighted by Crippen LogP contribution is -2.18. The lowest BCUT2D eigenvalue weighted by atomic mass is 10.2. The number of aromatic hydroxyl groups is 1. The van der Waals surface area contributed by atoms with Gasteiger partial charge in [-0.25, -0.2) is 4.68 Å². The van der Waals surface area contributed by atoms with Crippen LogP contribution < -0.4 is 11.3 Å². The van der Waals surface area contributed by atoms with Crippen LogP contribution in [0.4, 0.5) is 5.69 Å². The molecule has 5 heteroatoms. The minimum atomic E-state index is -0.136. The molecule has 0 fully saturated rings. The Bertz CT molecular complexity index is 554. The molecule has 2 rings (SSSR count). The molecule has 78 valence electrons. The van der Waals surface area contributed by atoms with E-state index in [1.807, 2.05) is 0 Å². The van der Waals surface area contributed by atoms with Crippen LogP contribution in [0.3, 0.4) is 0 Å². The van der Waals surface area contributed by atoms with Crippen molar-refractivity contribution in [1.82, 2.24) is 9.36 Å². The van der Waals surface area contributed by atoms with Crippen LogP contribution in [0.2, 0.25) is 0 Å². The molecule has 0 atom stereocenters. The molecule has 0 aliphatic heterocycles. The fourth-order valence-corrected chi connectivity index (χ4v) is 1.45. The Labute approximate surface area is 86.0 Å². The molecular weight excluding hydrogens is 194 g/mol. The first-order valence-electron chi connectivity index (χ1n) is 4.43. The summed E-state index contributed by atoms with van der Waals surface area (Å²) < 4.78 is 3.10. The third-order valence-corrected chi connectivity index (χ3v) is 2.21. The fraction of sp³-hybridized carbons (Fsp3) is 0.100. The van der Waals surface area contributed by atoms with Crippen molar-refractivity contribution in [2.45, 2.75) is 0 Å². The molecule has 0 aliphatic carbocycles. The maximum atomic E-state index is 11.5. The van der Waals surface area contributed by atoms with Gasteiger partial charge in [-0.15, -0.1) is 0 Å². The van der Waals surface area contributed by atoms with Gasteiger partial charge in [0, 0.05) is 19.3 Å². The van der Waals surface area contributed by atoms with Gasteiger partial charge in [0.05, 0.1) is 11.4 Å². The van der Waals surface area contributed by atoms with E-state index in [9.17, 15) is 9.90 Å². The Hall–Kier alpha value is -2.17. The van der Waals surface area contributed by atoms with E-state index >= 15 is 0 Å². The number of hydrogen-bond acceptors (Lipinski definition) is 3. The zero-order valence-corrected chi connectivity index (χ0v) is 8.21. The summed E-state index contributed by atoms with van der Waals surface area (Å²) >= 11 is 0. The third-order valence-electron chi connectivity index (χ3n) is 2.21. The van der Waals surface area contributed by atoms with Gasteiger partial charge < -0.3 is 10.8 Å². The number of benzene rings is 1. The molecule has 2 aromatic rings. The summed E-state index contributed by atoms with van der Waals surface area (Å²) in [5, 5.41) is 9.26. The minimum Gasteiger partial charge on any atom is -0.506 e. The first kappa shape index (κ1) is 9.39. The molecular formula is C10H11N3O2. The Morgan fingerprint density at radius 2 is 2.07 bits per heavy atom. The van der Waals surface area contributed by atoms with Gasteiger partial charge in [-0.1, -0.05) is 0 Å². The van der Waals surface area contributed by atoms with Crippen LogP contribution in [0.5, 0.6) is 5.75 Å². The van der Waals surface area contributed by atoms with E-state index in [1.165, 1.54) is 16.8 Å². The van der Waals surface area contributed by atoms with E-state index in [4.69, 9.17) is 5.73 Å². The van der Waals surface area contributed by atoms with Crippen LogP contribution in [0.15, 0.2) is 35.3 Å². The highest BCUT2D eigenvalue weighted by atomic mass is 16.3. The number of aryl methyl sites for hydroxylation is 1. The van der Waals surface area contributed by atoms with E-state index in [1.54, 1.807) is 30.1 Å². The standard InChI is InChI=1S/C10H11N3O2/c1-12-5-4-10(15)13(12)7-2-3-9(14)8(11)6-7/h2-6,14H,11H2,1H3. The summed E-state index contributed by atoms with van der Waals surface area (Å²) in [4.78, 5) is 11.5. The average molecular weight is 205 g/mol.